The number of hydrogen-bond donors (Lipinski definition) is 0. The van der Waals surface area contributed by atoms with E-state index in [1.54, 1.807) is 29.4 Å². The molecule has 5 heteroatoms. The number of terminal acetylenes is 1. The lowest BCUT2D eigenvalue weighted by molar-refractivity contribution is 1.11. The summed E-state index contributed by atoms with van der Waals surface area (Å²) in [6.45, 7) is 2.10. The van der Waals surface area contributed by atoms with E-state index in [4.69, 9.17) is 18.0 Å². The molecule has 1 aromatic carbocycles. The number of nitrogens with zero attached hydrogens (tertiary/aromatic N) is 2. The third-order valence-corrected chi connectivity index (χ3v) is 5.21. The average molecular weight is 331 g/mol. The molecule has 21 heavy (non-hydrogen) atoms. The van der Waals surface area contributed by atoms with Gasteiger partial charge < -0.3 is 0 Å². The second kappa shape index (κ2) is 6.07. The van der Waals surface area contributed by atoms with Crippen LogP contribution in [0, 0.1) is 19.3 Å². The quantitative estimate of drug-likeness (QED) is 0.382. The standard InChI is InChI=1S/C16H11ClN2S2/c1-3-8-20-15-14-13(11-4-6-12(17)7-5-11)10(2)21-16(14)19-9-18-15/h1,4-7,9H,8H2,2H3. The van der Waals surface area contributed by atoms with Crippen LogP contribution in [-0.2, 0) is 0 Å². The molecule has 0 aliphatic rings. The maximum absolute atomic E-state index is 5.98. The fourth-order valence-corrected chi connectivity index (χ4v) is 4.09. The number of fused-ring (bicyclic) bond motifs is 1. The minimum absolute atomic E-state index is 0.598. The Morgan fingerprint density at radius 1 is 1.29 bits per heavy atom. The van der Waals surface area contributed by atoms with Crippen molar-refractivity contribution >= 4 is 44.9 Å². The smallest absolute Gasteiger partial charge is 0.128 e. The van der Waals surface area contributed by atoms with Gasteiger partial charge in [-0.05, 0) is 24.6 Å². The van der Waals surface area contributed by atoms with Crippen molar-refractivity contribution in [2.24, 2.45) is 0 Å². The van der Waals surface area contributed by atoms with Crippen LogP contribution in [-0.4, -0.2) is 15.7 Å². The van der Waals surface area contributed by atoms with Crippen LogP contribution in [0.1, 0.15) is 4.88 Å². The molecule has 104 valence electrons. The first-order chi connectivity index (χ1) is 10.2. The van der Waals surface area contributed by atoms with E-state index >= 15 is 0 Å². The second-order valence-corrected chi connectivity index (χ2v) is 7.00. The third kappa shape index (κ3) is 2.77. The number of aryl methyl sites for hydroxylation is 1. The lowest BCUT2D eigenvalue weighted by Crippen LogP contribution is -1.87. The van der Waals surface area contributed by atoms with E-state index in [9.17, 15) is 0 Å². The van der Waals surface area contributed by atoms with Crippen LogP contribution in [0.15, 0.2) is 35.6 Å². The SMILES string of the molecule is C#CCSc1ncnc2sc(C)c(-c3ccc(Cl)cc3)c12. The molecule has 3 rings (SSSR count). The van der Waals surface area contributed by atoms with Crippen LogP contribution in [0.2, 0.25) is 5.02 Å². The zero-order valence-corrected chi connectivity index (χ0v) is 13.6. The van der Waals surface area contributed by atoms with Gasteiger partial charge in [0.2, 0.25) is 0 Å². The van der Waals surface area contributed by atoms with Crippen molar-refractivity contribution in [2.75, 3.05) is 5.75 Å². The Bertz CT molecular complexity index is 832. The molecule has 0 bridgehead atoms. The number of hydrogen-bond acceptors (Lipinski definition) is 4. The Kier molecular flexibility index (Phi) is 4.16. The summed E-state index contributed by atoms with van der Waals surface area (Å²) in [5.74, 6) is 3.24. The predicted molar refractivity (Wildman–Crippen MR) is 92.2 cm³/mol. The Hall–Kier alpha value is -1.54. The first-order valence-corrected chi connectivity index (χ1v) is 8.45. The summed E-state index contributed by atoms with van der Waals surface area (Å²) < 4.78 is 0. The number of halogens is 1. The number of benzene rings is 1. The molecule has 0 saturated heterocycles. The Morgan fingerprint density at radius 3 is 2.76 bits per heavy atom. The van der Waals surface area contributed by atoms with Gasteiger partial charge in [0, 0.05) is 15.5 Å². The first-order valence-electron chi connectivity index (χ1n) is 6.27. The molecule has 3 aromatic rings. The molecule has 0 radical (unpaired) electrons. The average Bonchev–Trinajstić information content (AvgIpc) is 2.82. The van der Waals surface area contributed by atoms with E-state index in [-0.39, 0.29) is 0 Å². The van der Waals surface area contributed by atoms with Gasteiger partial charge in [-0.2, -0.15) is 0 Å². The van der Waals surface area contributed by atoms with Gasteiger partial charge in [-0.25, -0.2) is 9.97 Å². The fraction of sp³-hybridized carbons (Fsp3) is 0.125. The van der Waals surface area contributed by atoms with Gasteiger partial charge in [0.1, 0.15) is 16.2 Å². The number of thioether (sulfide) groups is 1. The lowest BCUT2D eigenvalue weighted by atomic mass is 10.0. The molecule has 2 nitrogen and oxygen atoms in total. The summed E-state index contributed by atoms with van der Waals surface area (Å²) >= 11 is 9.23. The van der Waals surface area contributed by atoms with Crippen molar-refractivity contribution in [3.8, 4) is 23.5 Å². The predicted octanol–water partition coefficient (Wildman–Crippen LogP) is 5.05. The zero-order valence-electron chi connectivity index (χ0n) is 11.3. The van der Waals surface area contributed by atoms with Gasteiger partial charge >= 0.3 is 0 Å². The van der Waals surface area contributed by atoms with Crippen LogP contribution < -0.4 is 0 Å². The van der Waals surface area contributed by atoms with Crippen molar-refractivity contribution in [1.29, 1.82) is 0 Å². The summed E-state index contributed by atoms with van der Waals surface area (Å²) in [4.78, 5) is 11.0. The molecular weight excluding hydrogens is 320 g/mol. The highest BCUT2D eigenvalue weighted by molar-refractivity contribution is 7.99. The van der Waals surface area contributed by atoms with Crippen LogP contribution in [0.5, 0.6) is 0 Å². The number of aromatic nitrogens is 2. The van der Waals surface area contributed by atoms with Crippen LogP contribution in [0.4, 0.5) is 0 Å². The topological polar surface area (TPSA) is 25.8 Å². The molecule has 0 atom stereocenters. The maximum Gasteiger partial charge on any atom is 0.128 e. The molecule has 0 aliphatic heterocycles. The lowest BCUT2D eigenvalue weighted by Gasteiger charge is -2.05. The largest absolute Gasteiger partial charge is 0.229 e. The van der Waals surface area contributed by atoms with Crippen molar-refractivity contribution in [3.05, 3.63) is 40.5 Å². The van der Waals surface area contributed by atoms with E-state index in [2.05, 4.69) is 22.8 Å². The summed E-state index contributed by atoms with van der Waals surface area (Å²) in [7, 11) is 0. The highest BCUT2D eigenvalue weighted by Gasteiger charge is 2.16. The number of thiophene rings is 1. The van der Waals surface area contributed by atoms with E-state index in [0.29, 0.717) is 5.75 Å². The first kappa shape index (κ1) is 14.4. The van der Waals surface area contributed by atoms with Crippen molar-refractivity contribution in [2.45, 2.75) is 11.9 Å². The molecule has 0 aliphatic carbocycles. The van der Waals surface area contributed by atoms with Crippen molar-refractivity contribution in [1.82, 2.24) is 9.97 Å². The minimum Gasteiger partial charge on any atom is -0.229 e. The van der Waals surface area contributed by atoms with Crippen LogP contribution in [0.3, 0.4) is 0 Å². The molecule has 2 aromatic heterocycles. The minimum atomic E-state index is 0.598. The summed E-state index contributed by atoms with van der Waals surface area (Å²) in [5.41, 5.74) is 2.30. The van der Waals surface area contributed by atoms with E-state index in [0.717, 1.165) is 25.8 Å². The third-order valence-electron chi connectivity index (χ3n) is 3.05. The molecule has 0 saturated carbocycles. The van der Waals surface area contributed by atoms with Gasteiger partial charge in [0.15, 0.2) is 0 Å². The van der Waals surface area contributed by atoms with Gasteiger partial charge in [-0.15, -0.1) is 17.8 Å². The zero-order chi connectivity index (χ0) is 14.8. The molecule has 0 fully saturated rings. The molecule has 2 heterocycles. The van der Waals surface area contributed by atoms with E-state index < -0.39 is 0 Å². The van der Waals surface area contributed by atoms with E-state index in [1.807, 2.05) is 24.3 Å². The van der Waals surface area contributed by atoms with Crippen molar-refractivity contribution < 1.29 is 0 Å². The molecular formula is C16H11ClN2S2. The van der Waals surface area contributed by atoms with Gasteiger partial charge in [0.05, 0.1) is 11.1 Å². The summed E-state index contributed by atoms with van der Waals surface area (Å²) in [6, 6.07) is 7.86. The second-order valence-electron chi connectivity index (χ2n) is 4.39. The highest BCUT2D eigenvalue weighted by atomic mass is 35.5. The fourth-order valence-electron chi connectivity index (χ4n) is 2.20. The van der Waals surface area contributed by atoms with E-state index in [1.165, 1.54) is 10.4 Å². The summed E-state index contributed by atoms with van der Waals surface area (Å²) in [6.07, 6.45) is 6.97. The van der Waals surface area contributed by atoms with Gasteiger partial charge in [-0.1, -0.05) is 41.4 Å². The summed E-state index contributed by atoms with van der Waals surface area (Å²) in [5, 5.41) is 2.75. The normalized spacial score (nSPS) is 10.7. The van der Waals surface area contributed by atoms with Gasteiger partial charge in [-0.3, -0.25) is 0 Å². The molecule has 0 unspecified atom stereocenters. The van der Waals surface area contributed by atoms with Crippen molar-refractivity contribution in [3.63, 3.8) is 0 Å². The highest BCUT2D eigenvalue weighted by Crippen LogP contribution is 2.41. The van der Waals surface area contributed by atoms with Crippen LogP contribution >= 0.6 is 34.7 Å². The number of rotatable bonds is 3. The van der Waals surface area contributed by atoms with Crippen LogP contribution in [0.25, 0.3) is 21.3 Å². The molecule has 0 N–H and O–H groups in total. The molecule has 0 amide bonds. The Balaban J connectivity index is 2.24. The monoisotopic (exact) mass is 330 g/mol. The Morgan fingerprint density at radius 2 is 2.05 bits per heavy atom. The molecule has 0 spiro atoms. The maximum atomic E-state index is 5.98. The Labute approximate surface area is 136 Å². The van der Waals surface area contributed by atoms with Gasteiger partial charge in [0.25, 0.3) is 0 Å².